The van der Waals surface area contributed by atoms with Crippen molar-refractivity contribution in [3.05, 3.63) is 59.1 Å². The molecule has 0 aromatic heterocycles. The summed E-state index contributed by atoms with van der Waals surface area (Å²) in [6.07, 6.45) is -0.896. The summed E-state index contributed by atoms with van der Waals surface area (Å²) < 4.78 is 5.17. The van der Waals surface area contributed by atoms with E-state index < -0.39 is 12.0 Å². The first kappa shape index (κ1) is 17.3. The third-order valence-electron chi connectivity index (χ3n) is 3.85. The van der Waals surface area contributed by atoms with Crippen LogP contribution < -0.4 is 9.64 Å². The van der Waals surface area contributed by atoms with Crippen LogP contribution >= 0.6 is 11.6 Å². The number of ether oxygens (including phenoxy) is 1. The molecule has 2 atom stereocenters. The molecular formula is C18H20ClNO3. The van der Waals surface area contributed by atoms with E-state index in [0.29, 0.717) is 22.0 Å². The maximum Gasteiger partial charge on any atom is 0.232 e. The molecule has 1 amide bonds. The Morgan fingerprint density at radius 3 is 2.48 bits per heavy atom. The molecule has 5 heteroatoms. The van der Waals surface area contributed by atoms with E-state index in [1.54, 1.807) is 51.4 Å². The van der Waals surface area contributed by atoms with E-state index in [9.17, 15) is 9.90 Å². The van der Waals surface area contributed by atoms with Crippen LogP contribution in [0.2, 0.25) is 5.02 Å². The van der Waals surface area contributed by atoms with Gasteiger partial charge in [0.1, 0.15) is 5.75 Å². The van der Waals surface area contributed by atoms with E-state index in [1.807, 2.05) is 18.2 Å². The van der Waals surface area contributed by atoms with Crippen LogP contribution in [-0.4, -0.2) is 25.2 Å². The molecular weight excluding hydrogens is 314 g/mol. The number of aliphatic hydroxyl groups is 1. The van der Waals surface area contributed by atoms with E-state index in [0.717, 1.165) is 0 Å². The van der Waals surface area contributed by atoms with Crippen molar-refractivity contribution >= 4 is 23.2 Å². The molecule has 0 saturated heterocycles. The monoisotopic (exact) mass is 333 g/mol. The molecule has 0 heterocycles. The number of carbonyl (C=O) groups is 1. The number of amides is 1. The number of methoxy groups -OCH3 is 1. The van der Waals surface area contributed by atoms with Gasteiger partial charge in [-0.3, -0.25) is 4.79 Å². The third-order valence-corrected chi connectivity index (χ3v) is 4.10. The maximum absolute atomic E-state index is 12.6. The normalized spacial score (nSPS) is 13.3. The Hall–Kier alpha value is -2.04. The van der Waals surface area contributed by atoms with Crippen LogP contribution in [0.1, 0.15) is 18.6 Å². The fourth-order valence-electron chi connectivity index (χ4n) is 2.34. The summed E-state index contributed by atoms with van der Waals surface area (Å²) in [7, 11) is 3.26. The van der Waals surface area contributed by atoms with Crippen molar-refractivity contribution in [1.82, 2.24) is 0 Å². The molecule has 0 fully saturated rings. The SMILES string of the molecule is COc1cccc(N(C)C(=O)[C@@H](C)[C@@H](O)c2ccc(Cl)cc2)c1. The van der Waals surface area contributed by atoms with E-state index >= 15 is 0 Å². The number of nitrogens with zero attached hydrogens (tertiary/aromatic N) is 1. The minimum absolute atomic E-state index is 0.180. The standard InChI is InChI=1S/C18H20ClNO3/c1-12(17(21)13-7-9-14(19)10-8-13)18(22)20(2)15-5-4-6-16(11-15)23-3/h4-12,17,21H,1-3H3/t12-,17+/m0/s1. The minimum atomic E-state index is -0.896. The van der Waals surface area contributed by atoms with Crippen molar-refractivity contribution in [3.63, 3.8) is 0 Å². The number of halogens is 1. The van der Waals surface area contributed by atoms with Crippen LogP contribution in [0.5, 0.6) is 5.75 Å². The molecule has 0 saturated carbocycles. The van der Waals surface area contributed by atoms with Crippen LogP contribution in [-0.2, 0) is 4.79 Å². The lowest BCUT2D eigenvalue weighted by Gasteiger charge is -2.25. The molecule has 0 aliphatic carbocycles. The minimum Gasteiger partial charge on any atom is -0.497 e. The Bertz CT molecular complexity index is 672. The fourth-order valence-corrected chi connectivity index (χ4v) is 2.46. The van der Waals surface area contributed by atoms with Gasteiger partial charge in [-0.15, -0.1) is 0 Å². The highest BCUT2D eigenvalue weighted by atomic mass is 35.5. The van der Waals surface area contributed by atoms with Crippen molar-refractivity contribution in [2.75, 3.05) is 19.1 Å². The zero-order valence-corrected chi connectivity index (χ0v) is 14.1. The predicted octanol–water partition coefficient (Wildman–Crippen LogP) is 3.68. The quantitative estimate of drug-likeness (QED) is 0.908. The summed E-state index contributed by atoms with van der Waals surface area (Å²) >= 11 is 5.85. The van der Waals surface area contributed by atoms with E-state index in [-0.39, 0.29) is 5.91 Å². The van der Waals surface area contributed by atoms with Crippen LogP contribution in [0, 0.1) is 5.92 Å². The van der Waals surface area contributed by atoms with Gasteiger partial charge < -0.3 is 14.7 Å². The number of aliphatic hydroxyl groups excluding tert-OH is 1. The first-order valence-electron chi connectivity index (χ1n) is 7.29. The summed E-state index contributed by atoms with van der Waals surface area (Å²) in [5, 5.41) is 11.0. The molecule has 2 aromatic carbocycles. The molecule has 1 N–H and O–H groups in total. The summed E-state index contributed by atoms with van der Waals surface area (Å²) in [6.45, 7) is 1.71. The molecule has 2 rings (SSSR count). The van der Waals surface area contributed by atoms with Gasteiger partial charge in [-0.1, -0.05) is 36.7 Å². The number of hydrogen-bond donors (Lipinski definition) is 1. The van der Waals surface area contributed by atoms with Gasteiger partial charge in [-0.25, -0.2) is 0 Å². The smallest absolute Gasteiger partial charge is 0.232 e. The molecule has 0 aliphatic heterocycles. The number of anilines is 1. The van der Waals surface area contributed by atoms with Crippen LogP contribution in [0.4, 0.5) is 5.69 Å². The first-order chi connectivity index (χ1) is 10.9. The largest absolute Gasteiger partial charge is 0.497 e. The molecule has 2 aromatic rings. The van der Waals surface area contributed by atoms with Crippen molar-refractivity contribution in [1.29, 1.82) is 0 Å². The second kappa shape index (κ2) is 7.49. The zero-order chi connectivity index (χ0) is 17.0. The van der Waals surface area contributed by atoms with Gasteiger partial charge in [0.15, 0.2) is 0 Å². The van der Waals surface area contributed by atoms with Crippen molar-refractivity contribution in [2.24, 2.45) is 5.92 Å². The molecule has 0 bridgehead atoms. The average molecular weight is 334 g/mol. The lowest BCUT2D eigenvalue weighted by molar-refractivity contribution is -0.125. The molecule has 23 heavy (non-hydrogen) atoms. The Morgan fingerprint density at radius 2 is 1.87 bits per heavy atom. The number of rotatable bonds is 5. The average Bonchev–Trinajstić information content (AvgIpc) is 2.59. The van der Waals surface area contributed by atoms with E-state index in [4.69, 9.17) is 16.3 Å². The van der Waals surface area contributed by atoms with Gasteiger partial charge in [0, 0.05) is 23.8 Å². The van der Waals surface area contributed by atoms with Gasteiger partial charge in [0.25, 0.3) is 0 Å². The van der Waals surface area contributed by atoms with Crippen LogP contribution in [0.25, 0.3) is 0 Å². The molecule has 0 spiro atoms. The molecule has 0 aliphatic rings. The van der Waals surface area contributed by atoms with Crippen molar-refractivity contribution in [2.45, 2.75) is 13.0 Å². The number of hydrogen-bond acceptors (Lipinski definition) is 3. The number of carbonyl (C=O) groups excluding carboxylic acids is 1. The molecule has 4 nitrogen and oxygen atoms in total. The zero-order valence-electron chi connectivity index (χ0n) is 13.4. The second-order valence-corrected chi connectivity index (χ2v) is 5.82. The topological polar surface area (TPSA) is 49.8 Å². The van der Waals surface area contributed by atoms with E-state index in [2.05, 4.69) is 0 Å². The molecule has 122 valence electrons. The number of benzene rings is 2. The van der Waals surface area contributed by atoms with Gasteiger partial charge in [0.05, 0.1) is 19.1 Å². The third kappa shape index (κ3) is 4.03. The van der Waals surface area contributed by atoms with Crippen molar-refractivity contribution in [3.8, 4) is 5.75 Å². The highest BCUT2D eigenvalue weighted by Crippen LogP contribution is 2.27. The fraction of sp³-hybridized carbons (Fsp3) is 0.278. The van der Waals surface area contributed by atoms with Gasteiger partial charge >= 0.3 is 0 Å². The Kier molecular flexibility index (Phi) is 5.64. The lowest BCUT2D eigenvalue weighted by Crippen LogP contribution is -2.34. The summed E-state index contributed by atoms with van der Waals surface area (Å²) in [6, 6.07) is 14.1. The van der Waals surface area contributed by atoms with Crippen LogP contribution in [0.15, 0.2) is 48.5 Å². The summed E-state index contributed by atoms with van der Waals surface area (Å²) in [4.78, 5) is 14.1. The Labute approximate surface area is 141 Å². The van der Waals surface area contributed by atoms with Gasteiger partial charge in [-0.05, 0) is 29.8 Å². The highest BCUT2D eigenvalue weighted by Gasteiger charge is 2.27. The maximum atomic E-state index is 12.6. The first-order valence-corrected chi connectivity index (χ1v) is 7.67. The molecule has 0 unspecified atom stereocenters. The Balaban J connectivity index is 2.15. The highest BCUT2D eigenvalue weighted by molar-refractivity contribution is 6.30. The summed E-state index contributed by atoms with van der Waals surface area (Å²) in [5.74, 6) is -0.0962. The molecule has 0 radical (unpaired) electrons. The summed E-state index contributed by atoms with van der Waals surface area (Å²) in [5.41, 5.74) is 1.37. The van der Waals surface area contributed by atoms with Gasteiger partial charge in [-0.2, -0.15) is 0 Å². The van der Waals surface area contributed by atoms with Gasteiger partial charge in [0.2, 0.25) is 5.91 Å². The lowest BCUT2D eigenvalue weighted by atomic mass is 9.96. The van der Waals surface area contributed by atoms with Crippen LogP contribution in [0.3, 0.4) is 0 Å². The van der Waals surface area contributed by atoms with E-state index in [1.165, 1.54) is 4.90 Å². The second-order valence-electron chi connectivity index (χ2n) is 5.38. The Morgan fingerprint density at radius 1 is 1.22 bits per heavy atom. The van der Waals surface area contributed by atoms with Crippen molar-refractivity contribution < 1.29 is 14.6 Å². The predicted molar refractivity (Wildman–Crippen MR) is 92.0 cm³/mol.